The number of ether oxygens (including phenoxy) is 1. The van der Waals surface area contributed by atoms with Gasteiger partial charge in [-0.2, -0.15) is 0 Å². The largest absolute Gasteiger partial charge is 0.481 e. The molecule has 0 bridgehead atoms. The molecule has 0 spiro atoms. The van der Waals surface area contributed by atoms with Gasteiger partial charge < -0.3 is 9.84 Å². The predicted molar refractivity (Wildman–Crippen MR) is 53.2 cm³/mol. The fraction of sp³-hybridized carbons (Fsp3) is 0.900. The van der Waals surface area contributed by atoms with Crippen molar-refractivity contribution in [2.24, 2.45) is 11.8 Å². The second-order valence-corrected chi connectivity index (χ2v) is 4.26. The summed E-state index contributed by atoms with van der Waals surface area (Å²) in [5, 5.41) is 8.74. The highest BCUT2D eigenvalue weighted by Gasteiger charge is 2.37. The Labute approximate surface area is 84.8 Å². The first kappa shape index (κ1) is 11.5. The summed E-state index contributed by atoms with van der Waals surface area (Å²) < 4.78 is 5.13. The molecule has 1 saturated heterocycles. The van der Waals surface area contributed by atoms with Crippen LogP contribution in [0.25, 0.3) is 0 Å². The first-order valence-corrected chi connectivity index (χ1v) is 5.02. The van der Waals surface area contributed by atoms with E-state index in [2.05, 4.69) is 18.7 Å². The van der Waals surface area contributed by atoms with Gasteiger partial charge >= 0.3 is 5.97 Å². The Balaban J connectivity index is 2.38. The monoisotopic (exact) mass is 201 g/mol. The molecule has 1 N–H and O–H groups in total. The van der Waals surface area contributed by atoms with Crippen LogP contribution in [-0.2, 0) is 9.53 Å². The van der Waals surface area contributed by atoms with Crippen molar-refractivity contribution in [3.8, 4) is 0 Å². The number of methoxy groups -OCH3 is 1. The maximum atomic E-state index is 10.6. The van der Waals surface area contributed by atoms with E-state index in [1.165, 1.54) is 0 Å². The Morgan fingerprint density at radius 1 is 1.57 bits per heavy atom. The van der Waals surface area contributed by atoms with Crippen LogP contribution in [-0.4, -0.2) is 48.8 Å². The molecule has 0 amide bonds. The molecule has 0 radical (unpaired) electrons. The summed E-state index contributed by atoms with van der Waals surface area (Å²) in [6, 6.07) is 0.357. The molecule has 0 saturated carbocycles. The molecule has 1 unspecified atom stereocenters. The number of carbonyl (C=O) groups is 1. The molecule has 1 aliphatic rings. The third-order valence-corrected chi connectivity index (χ3v) is 2.84. The highest BCUT2D eigenvalue weighted by atomic mass is 16.5. The molecule has 1 rings (SSSR count). The van der Waals surface area contributed by atoms with Crippen molar-refractivity contribution in [2.45, 2.75) is 19.9 Å². The van der Waals surface area contributed by atoms with Crippen LogP contribution < -0.4 is 0 Å². The van der Waals surface area contributed by atoms with E-state index in [9.17, 15) is 4.79 Å². The molecule has 1 atom stereocenters. The van der Waals surface area contributed by atoms with Gasteiger partial charge in [-0.05, 0) is 5.92 Å². The lowest BCUT2D eigenvalue weighted by atomic mass is 9.93. The average molecular weight is 201 g/mol. The van der Waals surface area contributed by atoms with Gasteiger partial charge in [-0.15, -0.1) is 0 Å². The van der Waals surface area contributed by atoms with E-state index in [0.29, 0.717) is 31.7 Å². The second-order valence-electron chi connectivity index (χ2n) is 4.26. The minimum atomic E-state index is -0.679. The summed E-state index contributed by atoms with van der Waals surface area (Å²) in [5.74, 6) is -0.348. The highest BCUT2D eigenvalue weighted by Crippen LogP contribution is 2.22. The zero-order valence-corrected chi connectivity index (χ0v) is 9.06. The first-order valence-electron chi connectivity index (χ1n) is 5.02. The van der Waals surface area contributed by atoms with E-state index in [1.807, 2.05) is 0 Å². The Morgan fingerprint density at radius 3 is 2.50 bits per heavy atom. The molecule has 0 aromatic carbocycles. The average Bonchev–Trinajstić information content (AvgIpc) is 1.99. The number of carboxylic acid groups (broad SMARTS) is 1. The SMILES string of the molecule is COCC(C(C)C)N1CC(C(=O)O)C1. The molecule has 0 aromatic rings. The molecule has 0 aromatic heterocycles. The third-order valence-electron chi connectivity index (χ3n) is 2.84. The number of nitrogens with zero attached hydrogens (tertiary/aromatic N) is 1. The summed E-state index contributed by atoms with van der Waals surface area (Å²) in [4.78, 5) is 12.8. The molecular weight excluding hydrogens is 182 g/mol. The zero-order chi connectivity index (χ0) is 10.7. The molecule has 1 aliphatic heterocycles. The zero-order valence-electron chi connectivity index (χ0n) is 9.06. The van der Waals surface area contributed by atoms with Gasteiger partial charge in [0.15, 0.2) is 0 Å². The van der Waals surface area contributed by atoms with Gasteiger partial charge in [-0.1, -0.05) is 13.8 Å². The van der Waals surface area contributed by atoms with Gasteiger partial charge in [0, 0.05) is 26.2 Å². The maximum absolute atomic E-state index is 10.6. The number of hydrogen-bond donors (Lipinski definition) is 1. The number of aliphatic carboxylic acids is 1. The Kier molecular flexibility index (Phi) is 3.89. The lowest BCUT2D eigenvalue weighted by molar-refractivity contribution is -0.150. The van der Waals surface area contributed by atoms with E-state index in [1.54, 1.807) is 7.11 Å². The van der Waals surface area contributed by atoms with Crippen LogP contribution in [0.4, 0.5) is 0 Å². The van der Waals surface area contributed by atoms with E-state index in [-0.39, 0.29) is 5.92 Å². The Hall–Kier alpha value is -0.610. The fourth-order valence-electron chi connectivity index (χ4n) is 1.83. The number of carboxylic acids is 1. The lowest BCUT2D eigenvalue weighted by Crippen LogP contribution is -2.57. The molecule has 14 heavy (non-hydrogen) atoms. The van der Waals surface area contributed by atoms with Crippen LogP contribution in [0, 0.1) is 11.8 Å². The van der Waals surface area contributed by atoms with Crippen molar-refractivity contribution < 1.29 is 14.6 Å². The summed E-state index contributed by atoms with van der Waals surface area (Å²) in [5.41, 5.74) is 0. The van der Waals surface area contributed by atoms with Crippen molar-refractivity contribution in [1.82, 2.24) is 4.90 Å². The number of rotatable bonds is 5. The van der Waals surface area contributed by atoms with Crippen LogP contribution in [0.2, 0.25) is 0 Å². The summed E-state index contributed by atoms with van der Waals surface area (Å²) >= 11 is 0. The number of hydrogen-bond acceptors (Lipinski definition) is 3. The van der Waals surface area contributed by atoms with E-state index >= 15 is 0 Å². The normalized spacial score (nSPS) is 20.9. The molecule has 4 heteroatoms. The molecule has 1 heterocycles. The second kappa shape index (κ2) is 4.75. The maximum Gasteiger partial charge on any atom is 0.309 e. The molecule has 0 aliphatic carbocycles. The molecule has 4 nitrogen and oxygen atoms in total. The quantitative estimate of drug-likeness (QED) is 0.710. The first-order chi connectivity index (χ1) is 6.56. The van der Waals surface area contributed by atoms with Crippen LogP contribution >= 0.6 is 0 Å². The lowest BCUT2D eigenvalue weighted by Gasteiger charge is -2.43. The van der Waals surface area contributed by atoms with Crippen molar-refractivity contribution in [1.29, 1.82) is 0 Å². The molecular formula is C10H19NO3. The van der Waals surface area contributed by atoms with Gasteiger partial charge in [0.05, 0.1) is 12.5 Å². The van der Waals surface area contributed by atoms with Gasteiger partial charge in [0.25, 0.3) is 0 Å². The van der Waals surface area contributed by atoms with E-state index < -0.39 is 5.97 Å². The minimum absolute atomic E-state index is 0.173. The number of likely N-dealkylation sites (tertiary alicyclic amines) is 1. The fourth-order valence-corrected chi connectivity index (χ4v) is 1.83. The highest BCUT2D eigenvalue weighted by molar-refractivity contribution is 5.71. The summed E-state index contributed by atoms with van der Waals surface area (Å²) in [6.45, 7) is 6.29. The predicted octanol–water partition coefficient (Wildman–Crippen LogP) is 0.674. The Bertz CT molecular complexity index is 200. The van der Waals surface area contributed by atoms with Gasteiger partial charge in [0.2, 0.25) is 0 Å². The molecule has 1 fully saturated rings. The van der Waals surface area contributed by atoms with Crippen LogP contribution in [0.3, 0.4) is 0 Å². The minimum Gasteiger partial charge on any atom is -0.481 e. The Morgan fingerprint density at radius 2 is 2.14 bits per heavy atom. The smallest absolute Gasteiger partial charge is 0.309 e. The van der Waals surface area contributed by atoms with Crippen molar-refractivity contribution in [3.63, 3.8) is 0 Å². The van der Waals surface area contributed by atoms with Crippen LogP contribution in [0.1, 0.15) is 13.8 Å². The standard InChI is InChI=1S/C10H19NO3/c1-7(2)9(6-14-3)11-4-8(5-11)10(12)13/h7-9H,4-6H2,1-3H3,(H,12,13). The summed E-state index contributed by atoms with van der Waals surface area (Å²) in [7, 11) is 1.68. The van der Waals surface area contributed by atoms with Crippen molar-refractivity contribution in [2.75, 3.05) is 26.8 Å². The van der Waals surface area contributed by atoms with Crippen LogP contribution in [0.15, 0.2) is 0 Å². The van der Waals surface area contributed by atoms with Crippen molar-refractivity contribution in [3.05, 3.63) is 0 Å². The van der Waals surface area contributed by atoms with Crippen molar-refractivity contribution >= 4 is 5.97 Å². The van der Waals surface area contributed by atoms with E-state index in [0.717, 1.165) is 0 Å². The third kappa shape index (κ3) is 2.45. The van der Waals surface area contributed by atoms with Gasteiger partial charge in [-0.3, -0.25) is 9.69 Å². The topological polar surface area (TPSA) is 49.8 Å². The van der Waals surface area contributed by atoms with Gasteiger partial charge in [0.1, 0.15) is 0 Å². The van der Waals surface area contributed by atoms with Crippen LogP contribution in [0.5, 0.6) is 0 Å². The van der Waals surface area contributed by atoms with E-state index in [4.69, 9.17) is 9.84 Å². The summed E-state index contributed by atoms with van der Waals surface area (Å²) in [6.07, 6.45) is 0. The molecule has 82 valence electrons. The van der Waals surface area contributed by atoms with Gasteiger partial charge in [-0.25, -0.2) is 0 Å².